The fourth-order valence-electron chi connectivity index (χ4n) is 4.36. The van der Waals surface area contributed by atoms with Gasteiger partial charge >= 0.3 is 12.2 Å². The molecule has 0 saturated carbocycles. The van der Waals surface area contributed by atoms with Crippen LogP contribution in [0.1, 0.15) is 20.8 Å². The highest BCUT2D eigenvalue weighted by Crippen LogP contribution is 2.42. The highest BCUT2D eigenvalue weighted by atomic mass is 16.6. The molecule has 0 N–H and O–H groups in total. The number of nitrogens with zero attached hydrogens (tertiary/aromatic N) is 4. The van der Waals surface area contributed by atoms with E-state index in [1.165, 1.54) is 23.2 Å². The predicted molar refractivity (Wildman–Crippen MR) is 134 cm³/mol. The maximum absolute atomic E-state index is 13.0. The highest BCUT2D eigenvalue weighted by molar-refractivity contribution is 5.98. The quantitative estimate of drug-likeness (QED) is 0.495. The Hall–Kier alpha value is -4.28. The smallest absolute Gasteiger partial charge is 0.415 e. The van der Waals surface area contributed by atoms with E-state index in [1.807, 2.05) is 12.1 Å². The fourth-order valence-corrected chi connectivity index (χ4v) is 4.36. The number of fused-ring (bicyclic) bond motifs is 1. The summed E-state index contributed by atoms with van der Waals surface area (Å²) in [4.78, 5) is 37.0. The van der Waals surface area contributed by atoms with Gasteiger partial charge in [-0.15, -0.1) is 0 Å². The van der Waals surface area contributed by atoms with Gasteiger partial charge in [-0.3, -0.25) is 9.80 Å². The lowest BCUT2D eigenvalue weighted by Gasteiger charge is -2.45. The van der Waals surface area contributed by atoms with Gasteiger partial charge in [-0.25, -0.2) is 19.6 Å². The molecule has 3 heterocycles. The molecular formula is C26H28N4O7. The lowest BCUT2D eigenvalue weighted by Crippen LogP contribution is -2.66. The monoisotopic (exact) mass is 508 g/mol. The normalized spacial score (nSPS) is 16.4. The molecular weight excluding hydrogens is 480 g/mol. The molecule has 2 saturated heterocycles. The Balaban J connectivity index is 1.42. The van der Waals surface area contributed by atoms with Crippen molar-refractivity contribution in [1.29, 1.82) is 0 Å². The van der Waals surface area contributed by atoms with E-state index in [1.54, 1.807) is 52.1 Å². The molecule has 5 rings (SSSR count). The van der Waals surface area contributed by atoms with Crippen LogP contribution in [0.15, 0.2) is 42.7 Å². The number of benzene rings is 2. The molecule has 0 atom stereocenters. The minimum atomic E-state index is -0.818. The highest BCUT2D eigenvalue weighted by Gasteiger charge is 2.56. The van der Waals surface area contributed by atoms with Crippen LogP contribution in [0.3, 0.4) is 0 Å². The van der Waals surface area contributed by atoms with Crippen molar-refractivity contribution in [3.63, 3.8) is 0 Å². The van der Waals surface area contributed by atoms with Crippen molar-refractivity contribution in [3.05, 3.63) is 42.7 Å². The molecule has 3 aromatic rings. The summed E-state index contributed by atoms with van der Waals surface area (Å²) >= 11 is 0. The summed E-state index contributed by atoms with van der Waals surface area (Å²) in [6, 6.07) is 10.6. The zero-order valence-corrected chi connectivity index (χ0v) is 21.3. The first kappa shape index (κ1) is 24.4. The number of anilines is 1. The van der Waals surface area contributed by atoms with Crippen LogP contribution in [0.4, 0.5) is 15.3 Å². The van der Waals surface area contributed by atoms with Crippen LogP contribution in [-0.4, -0.2) is 72.1 Å². The van der Waals surface area contributed by atoms with E-state index < -0.39 is 23.4 Å². The van der Waals surface area contributed by atoms with Gasteiger partial charge < -0.3 is 23.7 Å². The maximum atomic E-state index is 13.0. The van der Waals surface area contributed by atoms with Crippen LogP contribution in [-0.2, 0) is 9.47 Å². The summed E-state index contributed by atoms with van der Waals surface area (Å²) in [5.74, 6) is 1.93. The summed E-state index contributed by atoms with van der Waals surface area (Å²) in [5.41, 5.74) is -0.363. The Morgan fingerprint density at radius 3 is 2.49 bits per heavy atom. The topological polar surface area (TPSA) is 113 Å². The van der Waals surface area contributed by atoms with Gasteiger partial charge in [0.1, 0.15) is 29.2 Å². The standard InChI is InChI=1S/C26H28N4O7/c1-25(2,3)36-23(31)29-12-26(13-29)14-30(24(32)37-26)20-10-18-19(11-21(20)34-5)27-15-28-22(18)35-17-8-6-7-16(9-17)33-4/h6-11,15H,12-14H2,1-5H3. The first-order valence-electron chi connectivity index (χ1n) is 11.7. The third-order valence-corrected chi connectivity index (χ3v) is 6.03. The van der Waals surface area contributed by atoms with E-state index in [0.717, 1.165) is 0 Å². The van der Waals surface area contributed by atoms with Gasteiger partial charge in [0.25, 0.3) is 0 Å². The van der Waals surface area contributed by atoms with Gasteiger partial charge in [0.05, 0.1) is 50.4 Å². The summed E-state index contributed by atoms with van der Waals surface area (Å²) in [7, 11) is 3.10. The van der Waals surface area contributed by atoms with Crippen LogP contribution in [0.25, 0.3) is 10.9 Å². The van der Waals surface area contributed by atoms with Gasteiger partial charge in [0, 0.05) is 12.1 Å². The molecule has 0 unspecified atom stereocenters. The second kappa shape index (κ2) is 8.99. The number of hydrogen-bond donors (Lipinski definition) is 0. The molecule has 0 bridgehead atoms. The second-order valence-corrected chi connectivity index (χ2v) is 9.97. The molecule has 2 amide bonds. The second-order valence-electron chi connectivity index (χ2n) is 9.97. The van der Waals surface area contributed by atoms with Crippen molar-refractivity contribution in [2.45, 2.75) is 32.0 Å². The molecule has 2 fully saturated rings. The van der Waals surface area contributed by atoms with Crippen molar-refractivity contribution in [2.75, 3.05) is 38.8 Å². The van der Waals surface area contributed by atoms with Gasteiger partial charge in [-0.1, -0.05) is 6.07 Å². The summed E-state index contributed by atoms with van der Waals surface area (Å²) in [5, 5.41) is 0.582. The Morgan fingerprint density at radius 2 is 1.78 bits per heavy atom. The number of ether oxygens (including phenoxy) is 5. The van der Waals surface area contributed by atoms with Crippen LogP contribution in [0.5, 0.6) is 23.1 Å². The number of carbonyl (C=O) groups excluding carboxylic acids is 2. The molecule has 37 heavy (non-hydrogen) atoms. The minimum absolute atomic E-state index is 0.243. The van der Waals surface area contributed by atoms with E-state index in [4.69, 9.17) is 23.7 Å². The maximum Gasteiger partial charge on any atom is 0.415 e. The van der Waals surface area contributed by atoms with E-state index in [9.17, 15) is 9.59 Å². The molecule has 2 aliphatic rings. The Labute approximate surface area is 213 Å². The number of carbonyl (C=O) groups is 2. The first-order chi connectivity index (χ1) is 17.6. The molecule has 11 nitrogen and oxygen atoms in total. The third-order valence-electron chi connectivity index (χ3n) is 6.03. The van der Waals surface area contributed by atoms with E-state index in [-0.39, 0.29) is 19.6 Å². The van der Waals surface area contributed by atoms with Crippen molar-refractivity contribution in [3.8, 4) is 23.1 Å². The largest absolute Gasteiger partial charge is 0.497 e. The SMILES string of the molecule is COc1cccc(Oc2ncnc3cc(OC)c(N4CC5(CN(C(=O)OC(C)(C)C)C5)OC4=O)cc23)c1. The van der Waals surface area contributed by atoms with Crippen molar-refractivity contribution < 1.29 is 33.3 Å². The molecule has 0 aliphatic carbocycles. The first-order valence-corrected chi connectivity index (χ1v) is 11.7. The summed E-state index contributed by atoms with van der Waals surface area (Å²) in [6.07, 6.45) is 0.427. The van der Waals surface area contributed by atoms with Crippen molar-refractivity contribution in [1.82, 2.24) is 14.9 Å². The van der Waals surface area contributed by atoms with Gasteiger partial charge in [0.2, 0.25) is 5.88 Å². The molecule has 0 radical (unpaired) electrons. The van der Waals surface area contributed by atoms with Crippen molar-refractivity contribution >= 4 is 28.8 Å². The molecule has 1 spiro atoms. The third kappa shape index (κ3) is 4.76. The number of likely N-dealkylation sites (tertiary alicyclic amines) is 1. The average Bonchev–Trinajstić information content (AvgIpc) is 3.19. The Bertz CT molecular complexity index is 1360. The Kier molecular flexibility index (Phi) is 5.93. The zero-order valence-electron chi connectivity index (χ0n) is 21.3. The van der Waals surface area contributed by atoms with Gasteiger partial charge in [0.15, 0.2) is 5.60 Å². The number of hydrogen-bond acceptors (Lipinski definition) is 9. The van der Waals surface area contributed by atoms with E-state index in [0.29, 0.717) is 39.7 Å². The predicted octanol–water partition coefficient (Wildman–Crippen LogP) is 4.39. The van der Waals surface area contributed by atoms with Gasteiger partial charge in [-0.2, -0.15) is 0 Å². The van der Waals surface area contributed by atoms with Crippen molar-refractivity contribution in [2.24, 2.45) is 0 Å². The van der Waals surface area contributed by atoms with E-state index in [2.05, 4.69) is 9.97 Å². The minimum Gasteiger partial charge on any atom is -0.497 e. The fraction of sp³-hybridized carbons (Fsp3) is 0.385. The molecule has 2 aromatic carbocycles. The van der Waals surface area contributed by atoms with Gasteiger partial charge in [-0.05, 0) is 39.0 Å². The van der Waals surface area contributed by atoms with Crippen LogP contribution in [0, 0.1) is 0 Å². The molecule has 194 valence electrons. The van der Waals surface area contributed by atoms with Crippen LogP contribution >= 0.6 is 0 Å². The molecule has 11 heteroatoms. The summed E-state index contributed by atoms with van der Waals surface area (Å²) in [6.45, 7) is 6.15. The van der Waals surface area contributed by atoms with E-state index >= 15 is 0 Å². The summed E-state index contributed by atoms with van der Waals surface area (Å²) < 4.78 is 28.0. The van der Waals surface area contributed by atoms with Crippen LogP contribution in [0.2, 0.25) is 0 Å². The Morgan fingerprint density at radius 1 is 1.03 bits per heavy atom. The zero-order chi connectivity index (χ0) is 26.4. The molecule has 1 aromatic heterocycles. The number of rotatable bonds is 5. The number of aromatic nitrogens is 2. The lowest BCUT2D eigenvalue weighted by atomic mass is 9.94. The molecule has 2 aliphatic heterocycles. The number of methoxy groups -OCH3 is 2. The average molecular weight is 509 g/mol. The number of amides is 2. The van der Waals surface area contributed by atoms with Crippen LogP contribution < -0.4 is 19.1 Å². The lowest BCUT2D eigenvalue weighted by molar-refractivity contribution is -0.0779.